The van der Waals surface area contributed by atoms with Crippen molar-refractivity contribution in [1.29, 1.82) is 0 Å². The van der Waals surface area contributed by atoms with E-state index in [1.807, 2.05) is 17.5 Å². The number of aromatic nitrogens is 1. The fraction of sp³-hybridized carbons (Fsp3) is 0.353. The van der Waals surface area contributed by atoms with Crippen molar-refractivity contribution >= 4 is 28.3 Å². The number of thiazole rings is 1. The maximum Gasteiger partial charge on any atom is 0.257 e. The Morgan fingerprint density at radius 1 is 1.38 bits per heavy atom. The monoisotopic (exact) mass is 345 g/mol. The van der Waals surface area contributed by atoms with Gasteiger partial charge in [0.1, 0.15) is 5.75 Å². The van der Waals surface area contributed by atoms with Crippen LogP contribution >= 0.6 is 11.3 Å². The number of methoxy groups -OCH3 is 1. The van der Waals surface area contributed by atoms with E-state index in [0.29, 0.717) is 29.5 Å². The van der Waals surface area contributed by atoms with E-state index in [9.17, 15) is 9.59 Å². The number of carbonyl (C=O) groups excluding carboxylic acids is 2. The summed E-state index contributed by atoms with van der Waals surface area (Å²) in [4.78, 5) is 30.9. The van der Waals surface area contributed by atoms with Crippen molar-refractivity contribution in [2.45, 2.75) is 12.8 Å². The normalized spacial score (nSPS) is 17.4. The molecule has 0 aliphatic carbocycles. The number of carbonyl (C=O) groups is 2. The lowest BCUT2D eigenvalue weighted by atomic mass is 9.96. The van der Waals surface area contributed by atoms with E-state index in [1.54, 1.807) is 30.3 Å². The molecule has 6 nitrogen and oxygen atoms in total. The van der Waals surface area contributed by atoms with Gasteiger partial charge in [-0.15, -0.1) is 11.3 Å². The molecule has 1 aliphatic heterocycles. The van der Waals surface area contributed by atoms with Gasteiger partial charge in [0.2, 0.25) is 5.91 Å². The quantitative estimate of drug-likeness (QED) is 0.925. The lowest BCUT2D eigenvalue weighted by Crippen LogP contribution is -2.43. The first kappa shape index (κ1) is 16.4. The molecule has 2 aromatic rings. The van der Waals surface area contributed by atoms with E-state index in [-0.39, 0.29) is 17.7 Å². The number of rotatable bonds is 4. The number of nitrogens with zero attached hydrogens (tertiary/aromatic N) is 2. The highest BCUT2D eigenvalue weighted by molar-refractivity contribution is 7.13. The van der Waals surface area contributed by atoms with E-state index in [1.165, 1.54) is 11.3 Å². The minimum Gasteiger partial charge on any atom is -0.496 e. The maximum atomic E-state index is 12.8. The van der Waals surface area contributed by atoms with Crippen LogP contribution in [0.25, 0.3) is 0 Å². The summed E-state index contributed by atoms with van der Waals surface area (Å²) in [6, 6.07) is 7.16. The Bertz CT molecular complexity index is 718. The zero-order valence-electron chi connectivity index (χ0n) is 13.4. The molecule has 0 bridgehead atoms. The second-order valence-electron chi connectivity index (χ2n) is 5.62. The molecule has 24 heavy (non-hydrogen) atoms. The highest BCUT2D eigenvalue weighted by Crippen LogP contribution is 2.24. The van der Waals surface area contributed by atoms with Gasteiger partial charge >= 0.3 is 0 Å². The van der Waals surface area contributed by atoms with Crippen LogP contribution in [0.3, 0.4) is 0 Å². The van der Waals surface area contributed by atoms with Crippen LogP contribution in [0.4, 0.5) is 5.13 Å². The maximum absolute atomic E-state index is 12.8. The van der Waals surface area contributed by atoms with Crippen LogP contribution in [-0.4, -0.2) is 41.9 Å². The number of likely N-dealkylation sites (tertiary alicyclic amines) is 1. The zero-order valence-corrected chi connectivity index (χ0v) is 14.2. The first-order valence-corrected chi connectivity index (χ1v) is 8.69. The van der Waals surface area contributed by atoms with Crippen LogP contribution in [0.15, 0.2) is 35.8 Å². The van der Waals surface area contributed by atoms with Crippen LogP contribution in [0, 0.1) is 5.92 Å². The number of ether oxygens (including phenoxy) is 1. The highest BCUT2D eigenvalue weighted by atomic mass is 32.1. The van der Waals surface area contributed by atoms with Gasteiger partial charge < -0.3 is 15.0 Å². The van der Waals surface area contributed by atoms with E-state index in [4.69, 9.17) is 4.74 Å². The fourth-order valence-corrected chi connectivity index (χ4v) is 3.39. The first-order chi connectivity index (χ1) is 11.7. The molecule has 1 N–H and O–H groups in total. The minimum absolute atomic E-state index is 0.0810. The summed E-state index contributed by atoms with van der Waals surface area (Å²) in [6.07, 6.45) is 3.22. The van der Waals surface area contributed by atoms with Crippen LogP contribution < -0.4 is 10.1 Å². The van der Waals surface area contributed by atoms with Crippen molar-refractivity contribution in [3.05, 3.63) is 41.4 Å². The number of para-hydroxylation sites is 1. The van der Waals surface area contributed by atoms with Gasteiger partial charge in [-0.05, 0) is 25.0 Å². The summed E-state index contributed by atoms with van der Waals surface area (Å²) in [5.41, 5.74) is 0.529. The summed E-state index contributed by atoms with van der Waals surface area (Å²) in [7, 11) is 1.55. The predicted molar refractivity (Wildman–Crippen MR) is 92.4 cm³/mol. The number of amides is 2. The number of hydrogen-bond donors (Lipinski definition) is 1. The molecule has 0 saturated carbocycles. The van der Waals surface area contributed by atoms with E-state index >= 15 is 0 Å². The van der Waals surface area contributed by atoms with Gasteiger partial charge in [-0.2, -0.15) is 0 Å². The molecule has 1 aromatic heterocycles. The number of anilines is 1. The molecule has 0 radical (unpaired) electrons. The Morgan fingerprint density at radius 3 is 2.96 bits per heavy atom. The van der Waals surface area contributed by atoms with E-state index < -0.39 is 0 Å². The van der Waals surface area contributed by atoms with Gasteiger partial charge in [0, 0.05) is 24.7 Å². The summed E-state index contributed by atoms with van der Waals surface area (Å²) in [6.45, 7) is 1.06. The SMILES string of the molecule is COc1ccccc1C(=O)N1CCCC(C(=O)Nc2nccs2)C1. The summed E-state index contributed by atoms with van der Waals surface area (Å²) >= 11 is 1.38. The Balaban J connectivity index is 1.68. The first-order valence-electron chi connectivity index (χ1n) is 7.81. The smallest absolute Gasteiger partial charge is 0.257 e. The molecule has 1 saturated heterocycles. The van der Waals surface area contributed by atoms with E-state index in [2.05, 4.69) is 10.3 Å². The molecular formula is C17H19N3O3S. The standard InChI is InChI=1S/C17H19N3O3S/c1-23-14-7-3-2-6-13(14)16(22)20-9-4-5-12(11-20)15(21)19-17-18-8-10-24-17/h2-3,6-8,10,12H,4-5,9,11H2,1H3,(H,18,19,21). The molecule has 1 aromatic carbocycles. The third-order valence-electron chi connectivity index (χ3n) is 4.08. The molecule has 1 aliphatic rings. The third-order valence-corrected chi connectivity index (χ3v) is 4.77. The average molecular weight is 345 g/mol. The highest BCUT2D eigenvalue weighted by Gasteiger charge is 2.30. The van der Waals surface area contributed by atoms with Crippen LogP contribution in [-0.2, 0) is 4.79 Å². The molecule has 2 heterocycles. The Morgan fingerprint density at radius 2 is 2.21 bits per heavy atom. The molecule has 1 unspecified atom stereocenters. The lowest BCUT2D eigenvalue weighted by Gasteiger charge is -2.32. The molecule has 3 rings (SSSR count). The fourth-order valence-electron chi connectivity index (χ4n) is 2.86. The van der Waals surface area contributed by atoms with Gasteiger partial charge in [0.15, 0.2) is 5.13 Å². The van der Waals surface area contributed by atoms with Crippen LogP contribution in [0.1, 0.15) is 23.2 Å². The van der Waals surface area contributed by atoms with Crippen molar-refractivity contribution in [3.63, 3.8) is 0 Å². The van der Waals surface area contributed by atoms with Crippen molar-refractivity contribution in [3.8, 4) is 5.75 Å². The molecule has 1 fully saturated rings. The molecule has 0 spiro atoms. The summed E-state index contributed by atoms with van der Waals surface area (Å²) in [5.74, 6) is 0.153. The Hall–Kier alpha value is -2.41. The second kappa shape index (κ2) is 7.44. The summed E-state index contributed by atoms with van der Waals surface area (Å²) < 4.78 is 5.27. The largest absolute Gasteiger partial charge is 0.496 e. The van der Waals surface area contributed by atoms with Crippen LogP contribution in [0.2, 0.25) is 0 Å². The van der Waals surface area contributed by atoms with Gasteiger partial charge in [-0.1, -0.05) is 12.1 Å². The van der Waals surface area contributed by atoms with Gasteiger partial charge in [-0.25, -0.2) is 4.98 Å². The lowest BCUT2D eigenvalue weighted by molar-refractivity contribution is -0.121. The second-order valence-corrected chi connectivity index (χ2v) is 6.51. The molecule has 2 amide bonds. The van der Waals surface area contributed by atoms with E-state index in [0.717, 1.165) is 12.8 Å². The van der Waals surface area contributed by atoms with Crippen molar-refractivity contribution in [2.75, 3.05) is 25.5 Å². The molecule has 126 valence electrons. The molecule has 1 atom stereocenters. The number of nitrogens with one attached hydrogen (secondary N) is 1. The van der Waals surface area contributed by atoms with Gasteiger partial charge in [0.05, 0.1) is 18.6 Å². The van der Waals surface area contributed by atoms with Crippen molar-refractivity contribution in [2.24, 2.45) is 5.92 Å². The summed E-state index contributed by atoms with van der Waals surface area (Å²) in [5, 5.41) is 5.22. The van der Waals surface area contributed by atoms with Crippen molar-refractivity contribution in [1.82, 2.24) is 9.88 Å². The molecule has 7 heteroatoms. The zero-order chi connectivity index (χ0) is 16.9. The minimum atomic E-state index is -0.221. The third kappa shape index (κ3) is 3.56. The number of benzene rings is 1. The average Bonchev–Trinajstić information content (AvgIpc) is 3.14. The van der Waals surface area contributed by atoms with Crippen LogP contribution in [0.5, 0.6) is 5.75 Å². The molecular weight excluding hydrogens is 326 g/mol. The predicted octanol–water partition coefficient (Wildman–Crippen LogP) is 2.64. The number of hydrogen-bond acceptors (Lipinski definition) is 5. The van der Waals surface area contributed by atoms with Crippen molar-refractivity contribution < 1.29 is 14.3 Å². The Kier molecular flexibility index (Phi) is 5.10. The van der Waals surface area contributed by atoms with Gasteiger partial charge in [-0.3, -0.25) is 9.59 Å². The topological polar surface area (TPSA) is 71.5 Å². The number of piperidine rings is 1. The van der Waals surface area contributed by atoms with Gasteiger partial charge in [0.25, 0.3) is 5.91 Å². The Labute approximate surface area is 144 Å².